The Hall–Kier alpha value is -2.76. The summed E-state index contributed by atoms with van der Waals surface area (Å²) in [5.41, 5.74) is 1.53. The molecule has 1 aliphatic heterocycles. The topological polar surface area (TPSA) is 46.6 Å². The molecule has 1 heterocycles. The minimum absolute atomic E-state index is 0.148. The molecule has 0 atom stereocenters. The van der Waals surface area contributed by atoms with Gasteiger partial charge in [0.1, 0.15) is 5.75 Å². The zero-order chi connectivity index (χ0) is 20.4. The first-order chi connectivity index (χ1) is 14.1. The Morgan fingerprint density at radius 2 is 1.79 bits per heavy atom. The molecule has 4 rings (SSSR count). The fraction of sp³-hybridized carbons (Fsp3) is 0.130. The standard InChI is InChI=1S/C23H18ClNO3S/c1-2-28-20-12-11-15-7-3-5-9-17(15)18(20)13-21-22(26)25(23(27)29-21)14-16-8-4-6-10-19(16)24/h3-13H,2,14H2,1H3/b21-13-. The van der Waals surface area contributed by atoms with Crippen LogP contribution in [0.3, 0.4) is 0 Å². The lowest BCUT2D eigenvalue weighted by molar-refractivity contribution is -0.123. The number of halogens is 1. The molecule has 3 aromatic rings. The summed E-state index contributed by atoms with van der Waals surface area (Å²) >= 11 is 7.13. The van der Waals surface area contributed by atoms with Gasteiger partial charge in [0.15, 0.2) is 0 Å². The van der Waals surface area contributed by atoms with Gasteiger partial charge in [-0.25, -0.2) is 0 Å². The van der Waals surface area contributed by atoms with Gasteiger partial charge in [-0.2, -0.15) is 0 Å². The largest absolute Gasteiger partial charge is 0.493 e. The summed E-state index contributed by atoms with van der Waals surface area (Å²) in [7, 11) is 0. The van der Waals surface area contributed by atoms with Crippen LogP contribution in [-0.4, -0.2) is 22.7 Å². The van der Waals surface area contributed by atoms with Crippen molar-refractivity contribution in [1.82, 2.24) is 4.90 Å². The van der Waals surface area contributed by atoms with Gasteiger partial charge < -0.3 is 4.74 Å². The Balaban J connectivity index is 1.72. The van der Waals surface area contributed by atoms with Crippen molar-refractivity contribution >= 4 is 51.4 Å². The molecule has 0 spiro atoms. The first-order valence-electron chi connectivity index (χ1n) is 9.22. The summed E-state index contributed by atoms with van der Waals surface area (Å²) in [6.45, 7) is 2.57. The van der Waals surface area contributed by atoms with Gasteiger partial charge in [0.25, 0.3) is 11.1 Å². The smallest absolute Gasteiger partial charge is 0.293 e. The second kappa shape index (κ2) is 8.31. The second-order valence-corrected chi connectivity index (χ2v) is 7.89. The summed E-state index contributed by atoms with van der Waals surface area (Å²) in [5, 5.41) is 2.23. The number of ether oxygens (including phenoxy) is 1. The third kappa shape index (κ3) is 3.88. The molecule has 0 aliphatic carbocycles. The third-order valence-corrected chi connectivity index (χ3v) is 5.94. The van der Waals surface area contributed by atoms with E-state index in [4.69, 9.17) is 16.3 Å². The Morgan fingerprint density at radius 1 is 1.03 bits per heavy atom. The van der Waals surface area contributed by atoms with E-state index in [0.29, 0.717) is 22.3 Å². The second-order valence-electron chi connectivity index (χ2n) is 6.49. The molecule has 2 amide bonds. The van der Waals surface area contributed by atoms with Crippen LogP contribution in [0.25, 0.3) is 16.8 Å². The maximum atomic E-state index is 13.0. The van der Waals surface area contributed by atoms with Crippen LogP contribution in [0.1, 0.15) is 18.1 Å². The van der Waals surface area contributed by atoms with Gasteiger partial charge in [0.05, 0.1) is 18.1 Å². The van der Waals surface area contributed by atoms with Crippen molar-refractivity contribution < 1.29 is 14.3 Å². The minimum atomic E-state index is -0.324. The molecule has 0 aromatic heterocycles. The van der Waals surface area contributed by atoms with E-state index in [1.54, 1.807) is 12.1 Å². The van der Waals surface area contributed by atoms with Crippen LogP contribution in [0.15, 0.2) is 65.6 Å². The molecular formula is C23H18ClNO3S. The van der Waals surface area contributed by atoms with Gasteiger partial charge in [0.2, 0.25) is 0 Å². The molecule has 3 aromatic carbocycles. The molecule has 0 radical (unpaired) electrons. The van der Waals surface area contributed by atoms with E-state index in [0.717, 1.165) is 33.7 Å². The number of amides is 2. The van der Waals surface area contributed by atoms with E-state index in [2.05, 4.69) is 0 Å². The molecule has 1 aliphatic rings. The van der Waals surface area contributed by atoms with Crippen LogP contribution in [0.5, 0.6) is 5.75 Å². The van der Waals surface area contributed by atoms with Crippen molar-refractivity contribution in [2.24, 2.45) is 0 Å². The zero-order valence-electron chi connectivity index (χ0n) is 15.7. The quantitative estimate of drug-likeness (QED) is 0.463. The number of thioether (sulfide) groups is 1. The van der Waals surface area contributed by atoms with Crippen LogP contribution < -0.4 is 4.74 Å². The molecule has 0 bridgehead atoms. The van der Waals surface area contributed by atoms with Crippen LogP contribution in [0.4, 0.5) is 4.79 Å². The molecule has 1 saturated heterocycles. The van der Waals surface area contributed by atoms with Crippen molar-refractivity contribution in [1.29, 1.82) is 0 Å². The monoisotopic (exact) mass is 423 g/mol. The average Bonchev–Trinajstić information content (AvgIpc) is 2.99. The maximum absolute atomic E-state index is 13.0. The molecule has 29 heavy (non-hydrogen) atoms. The highest BCUT2D eigenvalue weighted by Crippen LogP contribution is 2.37. The van der Waals surface area contributed by atoms with E-state index < -0.39 is 0 Å². The van der Waals surface area contributed by atoms with Crippen LogP contribution in [0.2, 0.25) is 5.02 Å². The summed E-state index contributed by atoms with van der Waals surface area (Å²) in [5.74, 6) is 0.361. The van der Waals surface area contributed by atoms with Crippen molar-refractivity contribution in [2.75, 3.05) is 6.61 Å². The van der Waals surface area contributed by atoms with Gasteiger partial charge in [-0.1, -0.05) is 60.1 Å². The van der Waals surface area contributed by atoms with Crippen molar-refractivity contribution in [3.8, 4) is 5.75 Å². The number of hydrogen-bond acceptors (Lipinski definition) is 4. The van der Waals surface area contributed by atoms with Crippen molar-refractivity contribution in [3.63, 3.8) is 0 Å². The van der Waals surface area contributed by atoms with Gasteiger partial charge in [-0.15, -0.1) is 0 Å². The summed E-state index contributed by atoms with van der Waals surface area (Å²) in [4.78, 5) is 27.1. The van der Waals surface area contributed by atoms with Crippen molar-refractivity contribution in [2.45, 2.75) is 13.5 Å². The highest BCUT2D eigenvalue weighted by molar-refractivity contribution is 8.18. The molecular weight excluding hydrogens is 406 g/mol. The lowest BCUT2D eigenvalue weighted by Gasteiger charge is -2.13. The Labute approximate surface area is 178 Å². The molecule has 4 nitrogen and oxygen atoms in total. The number of carbonyl (C=O) groups excluding carboxylic acids is 2. The van der Waals surface area contributed by atoms with E-state index in [1.165, 1.54) is 4.90 Å². The molecule has 0 saturated carbocycles. The lowest BCUT2D eigenvalue weighted by atomic mass is 10.0. The number of nitrogens with zero attached hydrogens (tertiary/aromatic N) is 1. The number of benzene rings is 3. The van der Waals surface area contributed by atoms with Crippen LogP contribution >= 0.6 is 23.4 Å². The lowest BCUT2D eigenvalue weighted by Crippen LogP contribution is -2.27. The number of fused-ring (bicyclic) bond motifs is 1. The molecule has 146 valence electrons. The average molecular weight is 424 g/mol. The highest BCUT2D eigenvalue weighted by Gasteiger charge is 2.35. The maximum Gasteiger partial charge on any atom is 0.293 e. The normalized spacial score (nSPS) is 15.5. The third-order valence-electron chi connectivity index (χ3n) is 4.67. The fourth-order valence-corrected chi connectivity index (χ4v) is 4.29. The Kier molecular flexibility index (Phi) is 5.60. The predicted molar refractivity (Wildman–Crippen MR) is 118 cm³/mol. The summed E-state index contributed by atoms with van der Waals surface area (Å²) in [6.07, 6.45) is 1.75. The van der Waals surface area contributed by atoms with Gasteiger partial charge in [0, 0.05) is 10.6 Å². The van der Waals surface area contributed by atoms with Gasteiger partial charge in [-0.05, 0) is 53.2 Å². The molecule has 1 fully saturated rings. The zero-order valence-corrected chi connectivity index (χ0v) is 17.3. The fourth-order valence-electron chi connectivity index (χ4n) is 3.27. The summed E-state index contributed by atoms with van der Waals surface area (Å²) < 4.78 is 5.77. The number of imide groups is 1. The highest BCUT2D eigenvalue weighted by atomic mass is 35.5. The van der Waals surface area contributed by atoms with E-state index in [9.17, 15) is 9.59 Å². The first-order valence-corrected chi connectivity index (χ1v) is 10.4. The number of hydrogen-bond donors (Lipinski definition) is 0. The van der Waals surface area contributed by atoms with E-state index in [1.807, 2.05) is 61.5 Å². The first kappa shape index (κ1) is 19.6. The number of rotatable bonds is 5. The van der Waals surface area contributed by atoms with E-state index >= 15 is 0 Å². The Morgan fingerprint density at radius 3 is 2.59 bits per heavy atom. The summed E-state index contributed by atoms with van der Waals surface area (Å²) in [6, 6.07) is 19.0. The minimum Gasteiger partial charge on any atom is -0.493 e. The molecule has 6 heteroatoms. The number of carbonyl (C=O) groups is 2. The van der Waals surface area contributed by atoms with Gasteiger partial charge >= 0.3 is 0 Å². The SMILES string of the molecule is CCOc1ccc2ccccc2c1/C=C1\SC(=O)N(Cc2ccccc2Cl)C1=O. The molecule has 0 unspecified atom stereocenters. The van der Waals surface area contributed by atoms with Crippen LogP contribution in [0, 0.1) is 0 Å². The molecule has 0 N–H and O–H groups in total. The van der Waals surface area contributed by atoms with Crippen molar-refractivity contribution in [3.05, 3.63) is 81.7 Å². The Bertz CT molecular complexity index is 1140. The van der Waals surface area contributed by atoms with Crippen LogP contribution in [-0.2, 0) is 11.3 Å². The predicted octanol–water partition coefficient (Wildman–Crippen LogP) is 6.13. The van der Waals surface area contributed by atoms with E-state index in [-0.39, 0.29) is 17.7 Å². The van der Waals surface area contributed by atoms with Gasteiger partial charge in [-0.3, -0.25) is 14.5 Å².